The number of likely N-dealkylation sites (tertiary alicyclic amines) is 1. The lowest BCUT2D eigenvalue weighted by atomic mass is 9.82. The van der Waals surface area contributed by atoms with Gasteiger partial charge in [0.2, 0.25) is 5.91 Å². The van der Waals surface area contributed by atoms with Gasteiger partial charge >= 0.3 is 5.97 Å². The van der Waals surface area contributed by atoms with Crippen LogP contribution in [0.3, 0.4) is 0 Å². The third kappa shape index (κ3) is 6.03. The van der Waals surface area contributed by atoms with E-state index in [2.05, 4.69) is 19.2 Å². The molecule has 1 unspecified atom stereocenters. The number of carboxylic acids is 1. The van der Waals surface area contributed by atoms with Crippen LogP contribution in [-0.4, -0.2) is 54.8 Å². The summed E-state index contributed by atoms with van der Waals surface area (Å²) < 4.78 is 17.1. The number of benzene rings is 3. The van der Waals surface area contributed by atoms with Crippen molar-refractivity contribution >= 4 is 17.6 Å². The Kier molecular flexibility index (Phi) is 8.78. The Balaban J connectivity index is 1.49. The Morgan fingerprint density at radius 2 is 1.59 bits per heavy atom. The average molecular weight is 559 g/mol. The van der Waals surface area contributed by atoms with Crippen molar-refractivity contribution in [2.75, 3.05) is 38.2 Å². The number of fused-ring (bicyclic) bond motifs is 1. The Morgan fingerprint density at radius 3 is 2.22 bits per heavy atom. The zero-order valence-corrected chi connectivity index (χ0v) is 23.9. The summed E-state index contributed by atoms with van der Waals surface area (Å²) in [6, 6.07) is 18.8. The summed E-state index contributed by atoms with van der Waals surface area (Å²) in [4.78, 5) is 28.5. The minimum absolute atomic E-state index is 0.0594. The number of nitrogens with one attached hydrogen (secondary N) is 1. The van der Waals surface area contributed by atoms with Crippen molar-refractivity contribution in [1.82, 2.24) is 4.90 Å². The molecule has 2 N–H and O–H groups in total. The number of aryl methyl sites for hydroxylation is 2. The molecule has 1 amide bonds. The molecule has 1 fully saturated rings. The first kappa shape index (κ1) is 28.5. The lowest BCUT2D eigenvalue weighted by molar-refractivity contribution is -0.143. The fourth-order valence-corrected chi connectivity index (χ4v) is 6.11. The molecule has 2 heterocycles. The SMILES string of the molecule is CCOc1ccc([C@H]2C(C(=O)O)[C@@H](c3ccc4c(c3)OCCO4)CN2CC(=O)Nc2c(CC)cccc2CC)cc1. The van der Waals surface area contributed by atoms with E-state index in [9.17, 15) is 14.7 Å². The van der Waals surface area contributed by atoms with Crippen LogP contribution in [0.5, 0.6) is 17.2 Å². The molecule has 3 aromatic carbocycles. The second-order valence-electron chi connectivity index (χ2n) is 10.5. The maximum Gasteiger partial charge on any atom is 0.309 e. The molecule has 0 aromatic heterocycles. The molecule has 1 saturated heterocycles. The van der Waals surface area contributed by atoms with Crippen molar-refractivity contribution in [3.8, 4) is 17.2 Å². The number of anilines is 1. The number of rotatable bonds is 10. The molecule has 8 nitrogen and oxygen atoms in total. The summed E-state index contributed by atoms with van der Waals surface area (Å²) >= 11 is 0. The zero-order chi connectivity index (χ0) is 28.9. The van der Waals surface area contributed by atoms with E-state index in [0.717, 1.165) is 46.5 Å². The third-order valence-electron chi connectivity index (χ3n) is 8.02. The number of amides is 1. The predicted molar refractivity (Wildman–Crippen MR) is 157 cm³/mol. The second-order valence-corrected chi connectivity index (χ2v) is 10.5. The molecular formula is C33H38N2O6. The van der Waals surface area contributed by atoms with E-state index in [1.165, 1.54) is 0 Å². The summed E-state index contributed by atoms with van der Waals surface area (Å²) in [6.07, 6.45) is 1.60. The van der Waals surface area contributed by atoms with Gasteiger partial charge in [-0.1, -0.05) is 50.2 Å². The first-order chi connectivity index (χ1) is 19.9. The largest absolute Gasteiger partial charge is 0.494 e. The van der Waals surface area contributed by atoms with Gasteiger partial charge in [0.15, 0.2) is 11.5 Å². The number of nitrogens with zero attached hydrogens (tertiary/aromatic N) is 1. The number of ether oxygens (including phenoxy) is 3. The van der Waals surface area contributed by atoms with Gasteiger partial charge in [-0.15, -0.1) is 0 Å². The predicted octanol–water partition coefficient (Wildman–Crippen LogP) is 5.46. The fourth-order valence-electron chi connectivity index (χ4n) is 6.11. The number of hydrogen-bond acceptors (Lipinski definition) is 6. The molecule has 8 heteroatoms. The van der Waals surface area contributed by atoms with Gasteiger partial charge in [-0.05, 0) is 66.3 Å². The molecule has 216 valence electrons. The Hall–Kier alpha value is -4.04. The average Bonchev–Trinajstić information content (AvgIpc) is 3.36. The van der Waals surface area contributed by atoms with Gasteiger partial charge in [-0.2, -0.15) is 0 Å². The second kappa shape index (κ2) is 12.6. The summed E-state index contributed by atoms with van der Waals surface area (Å²) in [7, 11) is 0. The number of carbonyl (C=O) groups is 2. The molecule has 41 heavy (non-hydrogen) atoms. The Morgan fingerprint density at radius 1 is 0.927 bits per heavy atom. The lowest BCUT2D eigenvalue weighted by Crippen LogP contribution is -2.35. The lowest BCUT2D eigenvalue weighted by Gasteiger charge is -2.27. The van der Waals surface area contributed by atoms with Crippen molar-refractivity contribution < 1.29 is 28.9 Å². The van der Waals surface area contributed by atoms with Crippen molar-refractivity contribution in [3.63, 3.8) is 0 Å². The quantitative estimate of drug-likeness (QED) is 0.341. The Bertz CT molecular complexity index is 1370. The van der Waals surface area contributed by atoms with Crippen LogP contribution < -0.4 is 19.5 Å². The van der Waals surface area contributed by atoms with Gasteiger partial charge in [0.1, 0.15) is 19.0 Å². The zero-order valence-electron chi connectivity index (χ0n) is 23.9. The van der Waals surface area contributed by atoms with Gasteiger partial charge in [-0.3, -0.25) is 14.5 Å². The van der Waals surface area contributed by atoms with Crippen molar-refractivity contribution in [1.29, 1.82) is 0 Å². The van der Waals surface area contributed by atoms with Gasteiger partial charge in [0.25, 0.3) is 0 Å². The minimum Gasteiger partial charge on any atom is -0.494 e. The molecule has 0 radical (unpaired) electrons. The number of carbonyl (C=O) groups excluding carboxylic acids is 1. The van der Waals surface area contributed by atoms with Crippen LogP contribution in [0.15, 0.2) is 60.7 Å². The molecular weight excluding hydrogens is 520 g/mol. The maximum atomic E-state index is 13.6. The van der Waals surface area contributed by atoms with Crippen molar-refractivity contribution in [2.24, 2.45) is 5.92 Å². The highest BCUT2D eigenvalue weighted by Crippen LogP contribution is 2.47. The summed E-state index contributed by atoms with van der Waals surface area (Å²) in [6.45, 7) is 8.00. The van der Waals surface area contributed by atoms with E-state index in [-0.39, 0.29) is 18.4 Å². The highest BCUT2D eigenvalue weighted by molar-refractivity contribution is 5.94. The first-order valence-electron chi connectivity index (χ1n) is 14.4. The molecule has 0 bridgehead atoms. The maximum absolute atomic E-state index is 13.6. The van der Waals surface area contributed by atoms with Crippen molar-refractivity contribution in [2.45, 2.75) is 45.6 Å². The van der Waals surface area contributed by atoms with Crippen LogP contribution >= 0.6 is 0 Å². The van der Waals surface area contributed by atoms with E-state index >= 15 is 0 Å². The number of carboxylic acid groups (broad SMARTS) is 1. The number of aliphatic carboxylic acids is 1. The highest BCUT2D eigenvalue weighted by atomic mass is 16.6. The number of para-hydroxylation sites is 1. The Labute approximate surface area is 241 Å². The van der Waals surface area contributed by atoms with Crippen LogP contribution in [0.1, 0.15) is 55.0 Å². The molecule has 0 aliphatic carbocycles. The van der Waals surface area contributed by atoms with Gasteiger partial charge < -0.3 is 24.6 Å². The highest BCUT2D eigenvalue weighted by Gasteiger charge is 2.48. The summed E-state index contributed by atoms with van der Waals surface area (Å²) in [5.74, 6) is -0.212. The van der Waals surface area contributed by atoms with Gasteiger partial charge in [0.05, 0.1) is 19.1 Å². The smallest absolute Gasteiger partial charge is 0.309 e. The minimum atomic E-state index is -0.906. The molecule has 3 aromatic rings. The monoisotopic (exact) mass is 558 g/mol. The molecule has 0 spiro atoms. The van der Waals surface area contributed by atoms with Crippen LogP contribution in [0.4, 0.5) is 5.69 Å². The van der Waals surface area contributed by atoms with Crippen molar-refractivity contribution in [3.05, 3.63) is 82.9 Å². The standard InChI is InChI=1S/C33H38N2O6/c1-4-21-8-7-9-22(5-2)31(21)34-29(36)20-35-19-26(24-12-15-27-28(18-24)41-17-16-40-27)30(33(37)38)32(35)23-10-13-25(14-11-23)39-6-3/h7-15,18,26,30,32H,4-6,16-17,19-20H2,1-3H3,(H,34,36)(H,37,38)/t26-,30?,32+/m1/s1. The summed E-state index contributed by atoms with van der Waals surface area (Å²) in [5, 5.41) is 13.7. The van der Waals surface area contributed by atoms with Crippen LogP contribution in [0.25, 0.3) is 0 Å². The van der Waals surface area contributed by atoms with E-state index in [0.29, 0.717) is 37.9 Å². The van der Waals surface area contributed by atoms with E-state index in [4.69, 9.17) is 14.2 Å². The van der Waals surface area contributed by atoms with Crippen LogP contribution in [0, 0.1) is 5.92 Å². The molecule has 5 rings (SSSR count). The molecule has 2 aliphatic rings. The van der Waals surface area contributed by atoms with Crippen LogP contribution in [0.2, 0.25) is 0 Å². The van der Waals surface area contributed by atoms with Gasteiger partial charge in [0, 0.05) is 24.2 Å². The summed E-state index contributed by atoms with van der Waals surface area (Å²) in [5.41, 5.74) is 4.71. The topological polar surface area (TPSA) is 97.3 Å². The van der Waals surface area contributed by atoms with E-state index in [1.807, 2.05) is 72.5 Å². The molecule has 2 aliphatic heterocycles. The van der Waals surface area contributed by atoms with E-state index < -0.39 is 17.9 Å². The van der Waals surface area contributed by atoms with E-state index in [1.54, 1.807) is 0 Å². The van der Waals surface area contributed by atoms with Gasteiger partial charge in [-0.25, -0.2) is 0 Å². The third-order valence-corrected chi connectivity index (χ3v) is 8.02. The van der Waals surface area contributed by atoms with Crippen LogP contribution in [-0.2, 0) is 22.4 Å². The fraction of sp³-hybridized carbons (Fsp3) is 0.394. The normalized spacial score (nSPS) is 20.0. The molecule has 3 atom stereocenters. The number of hydrogen-bond donors (Lipinski definition) is 2. The molecule has 0 saturated carbocycles. The first-order valence-corrected chi connectivity index (χ1v) is 14.4.